The quantitative estimate of drug-likeness (QED) is 0.660. The Hall–Kier alpha value is -2.62. The molecule has 0 aliphatic carbocycles. The fourth-order valence-corrected chi connectivity index (χ4v) is 6.51. The lowest BCUT2D eigenvalue weighted by molar-refractivity contribution is -0.152. The first-order valence-corrected chi connectivity index (χ1v) is 12.3. The summed E-state index contributed by atoms with van der Waals surface area (Å²) in [6, 6.07) is 17.0. The van der Waals surface area contributed by atoms with Gasteiger partial charge in [-0.3, -0.25) is 9.59 Å². The lowest BCUT2D eigenvalue weighted by Gasteiger charge is -2.56. The first kappa shape index (κ1) is 21.2. The van der Waals surface area contributed by atoms with E-state index in [4.69, 9.17) is 0 Å². The van der Waals surface area contributed by atoms with Crippen molar-refractivity contribution in [2.75, 3.05) is 13.1 Å². The molecule has 0 saturated carbocycles. The fraction of sp³-hybridized carbons (Fsp3) is 0.500. The number of hydrogen-bond donors (Lipinski definition) is 0. The zero-order chi connectivity index (χ0) is 22.2. The van der Waals surface area contributed by atoms with Gasteiger partial charge >= 0.3 is 0 Å². The number of rotatable bonds is 4. The van der Waals surface area contributed by atoms with Crippen molar-refractivity contribution in [3.63, 3.8) is 0 Å². The van der Waals surface area contributed by atoms with Gasteiger partial charge in [0.1, 0.15) is 0 Å². The van der Waals surface area contributed by atoms with Gasteiger partial charge in [0.05, 0.1) is 0 Å². The highest BCUT2D eigenvalue weighted by Crippen LogP contribution is 2.43. The summed E-state index contributed by atoms with van der Waals surface area (Å²) in [6.45, 7) is 5.83. The van der Waals surface area contributed by atoms with Crippen molar-refractivity contribution in [2.24, 2.45) is 11.8 Å². The summed E-state index contributed by atoms with van der Waals surface area (Å²) in [5.74, 6) is 1.28. The maximum Gasteiger partial charge on any atom is 0.254 e. The first-order chi connectivity index (χ1) is 15.6. The fourth-order valence-electron chi connectivity index (χ4n) is 6.51. The van der Waals surface area contributed by atoms with E-state index >= 15 is 0 Å². The van der Waals surface area contributed by atoms with Crippen LogP contribution in [0.1, 0.15) is 61.4 Å². The number of benzene rings is 2. The highest BCUT2D eigenvalue weighted by atomic mass is 16.2. The summed E-state index contributed by atoms with van der Waals surface area (Å²) in [5.41, 5.74) is 4.10. The van der Waals surface area contributed by atoms with Gasteiger partial charge in [0.25, 0.3) is 5.91 Å². The Labute approximate surface area is 191 Å². The molecule has 2 bridgehead atoms. The van der Waals surface area contributed by atoms with Gasteiger partial charge in [0, 0.05) is 37.2 Å². The number of amides is 2. The highest BCUT2D eigenvalue weighted by molar-refractivity contribution is 6.01. The smallest absolute Gasteiger partial charge is 0.254 e. The zero-order valence-corrected chi connectivity index (χ0v) is 19.3. The summed E-state index contributed by atoms with van der Waals surface area (Å²) in [5, 5.41) is 0. The molecule has 0 N–H and O–H groups in total. The van der Waals surface area contributed by atoms with Crippen molar-refractivity contribution in [2.45, 2.75) is 64.5 Å². The van der Waals surface area contributed by atoms with Crippen LogP contribution in [-0.2, 0) is 4.79 Å². The molecule has 168 valence electrons. The molecule has 2 aromatic rings. The Morgan fingerprint density at radius 3 is 2.69 bits per heavy atom. The SMILES string of the molecule is CCC[C@H]1[C@H]2C[C@H](CN(C(=O)c3ccccc3-c3cccc(C)c3)C2)[C@@H]2CCCC(=O)N21. The van der Waals surface area contributed by atoms with Crippen molar-refractivity contribution >= 4 is 11.8 Å². The van der Waals surface area contributed by atoms with Gasteiger partial charge in [-0.15, -0.1) is 0 Å². The van der Waals surface area contributed by atoms with Crippen molar-refractivity contribution in [3.05, 3.63) is 59.7 Å². The second-order valence-corrected chi connectivity index (χ2v) is 10.00. The second kappa shape index (κ2) is 8.73. The van der Waals surface area contributed by atoms with E-state index in [1.54, 1.807) is 0 Å². The van der Waals surface area contributed by atoms with Gasteiger partial charge in [-0.1, -0.05) is 61.4 Å². The van der Waals surface area contributed by atoms with Crippen LogP contribution in [0.3, 0.4) is 0 Å². The Morgan fingerprint density at radius 1 is 1.06 bits per heavy atom. The molecular formula is C28H34N2O2. The molecule has 3 saturated heterocycles. The molecule has 3 fully saturated rings. The van der Waals surface area contributed by atoms with E-state index in [9.17, 15) is 9.59 Å². The molecule has 0 aromatic heterocycles. The predicted molar refractivity (Wildman–Crippen MR) is 127 cm³/mol. The Kier molecular flexibility index (Phi) is 5.79. The summed E-state index contributed by atoms with van der Waals surface area (Å²) in [6.07, 6.45) is 6.05. The maximum absolute atomic E-state index is 13.8. The molecule has 3 aliphatic heterocycles. The largest absolute Gasteiger partial charge is 0.338 e. The van der Waals surface area contributed by atoms with E-state index in [2.05, 4.69) is 54.0 Å². The summed E-state index contributed by atoms with van der Waals surface area (Å²) < 4.78 is 0. The Bertz CT molecular complexity index is 1020. The number of piperidine rings is 3. The van der Waals surface area contributed by atoms with Crippen LogP contribution >= 0.6 is 0 Å². The Balaban J connectivity index is 1.45. The highest BCUT2D eigenvalue weighted by Gasteiger charge is 2.49. The lowest BCUT2D eigenvalue weighted by atomic mass is 9.71. The van der Waals surface area contributed by atoms with Crippen LogP contribution in [0.25, 0.3) is 11.1 Å². The third kappa shape index (κ3) is 3.74. The molecule has 0 radical (unpaired) electrons. The third-order valence-electron chi connectivity index (χ3n) is 7.85. The Morgan fingerprint density at radius 2 is 1.88 bits per heavy atom. The number of fused-ring (bicyclic) bond motifs is 4. The van der Waals surface area contributed by atoms with Crippen LogP contribution in [-0.4, -0.2) is 46.8 Å². The average Bonchev–Trinajstić information content (AvgIpc) is 2.81. The first-order valence-electron chi connectivity index (χ1n) is 12.3. The van der Waals surface area contributed by atoms with Crippen LogP contribution in [0, 0.1) is 18.8 Å². The average molecular weight is 431 g/mol. The van der Waals surface area contributed by atoms with Crippen LogP contribution < -0.4 is 0 Å². The van der Waals surface area contributed by atoms with Crippen molar-refractivity contribution in [1.29, 1.82) is 0 Å². The number of aryl methyl sites for hydroxylation is 1. The summed E-state index contributed by atoms with van der Waals surface area (Å²) in [4.78, 5) is 31.1. The van der Waals surface area contributed by atoms with Crippen LogP contribution in [0.4, 0.5) is 0 Å². The van der Waals surface area contributed by atoms with E-state index in [1.807, 2.05) is 18.2 Å². The van der Waals surface area contributed by atoms with E-state index in [0.717, 1.165) is 61.9 Å². The van der Waals surface area contributed by atoms with Gasteiger partial charge in [-0.25, -0.2) is 0 Å². The molecule has 0 spiro atoms. The normalized spacial score (nSPS) is 27.2. The maximum atomic E-state index is 13.8. The van der Waals surface area contributed by atoms with Gasteiger partial charge in [0.2, 0.25) is 5.91 Å². The number of nitrogens with zero attached hydrogens (tertiary/aromatic N) is 2. The lowest BCUT2D eigenvalue weighted by Crippen LogP contribution is -2.65. The minimum atomic E-state index is 0.141. The predicted octanol–water partition coefficient (Wildman–Crippen LogP) is 5.30. The standard InChI is InChI=1S/C28H34N2O2/c1-3-8-25-21-16-22(26-13-7-14-27(31)30(25)26)18-29(17-21)28(32)24-12-5-4-11-23(24)20-10-6-9-19(2)15-20/h4-6,9-12,15,21-22,25-26H,3,7-8,13-14,16-18H2,1-2H3/t21-,22+,25-,26-/m0/s1. The molecule has 0 unspecified atom stereocenters. The van der Waals surface area contributed by atoms with Gasteiger partial charge in [-0.05, 0) is 61.6 Å². The molecule has 4 heteroatoms. The number of carbonyl (C=O) groups excluding carboxylic acids is 2. The number of hydrogen-bond acceptors (Lipinski definition) is 2. The van der Waals surface area contributed by atoms with Crippen molar-refractivity contribution in [3.8, 4) is 11.1 Å². The molecule has 4 nitrogen and oxygen atoms in total. The van der Waals surface area contributed by atoms with Crippen molar-refractivity contribution < 1.29 is 9.59 Å². The molecule has 3 aliphatic rings. The van der Waals surface area contributed by atoms with E-state index < -0.39 is 0 Å². The minimum Gasteiger partial charge on any atom is -0.338 e. The minimum absolute atomic E-state index is 0.141. The third-order valence-corrected chi connectivity index (χ3v) is 7.85. The molecule has 4 atom stereocenters. The second-order valence-electron chi connectivity index (χ2n) is 10.00. The molecule has 5 rings (SSSR count). The monoisotopic (exact) mass is 430 g/mol. The van der Waals surface area contributed by atoms with E-state index in [-0.39, 0.29) is 11.9 Å². The van der Waals surface area contributed by atoms with Gasteiger partial charge in [-0.2, -0.15) is 0 Å². The summed E-state index contributed by atoms with van der Waals surface area (Å²) in [7, 11) is 0. The van der Waals surface area contributed by atoms with Crippen LogP contribution in [0.15, 0.2) is 48.5 Å². The zero-order valence-electron chi connectivity index (χ0n) is 19.3. The van der Waals surface area contributed by atoms with Gasteiger partial charge in [0.15, 0.2) is 0 Å². The number of likely N-dealkylation sites (tertiary alicyclic amines) is 1. The molecule has 3 heterocycles. The van der Waals surface area contributed by atoms with E-state index in [0.29, 0.717) is 30.2 Å². The molecule has 32 heavy (non-hydrogen) atoms. The van der Waals surface area contributed by atoms with Crippen LogP contribution in [0.2, 0.25) is 0 Å². The van der Waals surface area contributed by atoms with Crippen molar-refractivity contribution in [1.82, 2.24) is 9.80 Å². The number of carbonyl (C=O) groups is 2. The van der Waals surface area contributed by atoms with Gasteiger partial charge < -0.3 is 9.80 Å². The molecule has 2 amide bonds. The summed E-state index contributed by atoms with van der Waals surface area (Å²) >= 11 is 0. The molecular weight excluding hydrogens is 396 g/mol. The van der Waals surface area contributed by atoms with Crippen LogP contribution in [0.5, 0.6) is 0 Å². The van der Waals surface area contributed by atoms with E-state index in [1.165, 1.54) is 5.56 Å². The molecule has 2 aromatic carbocycles. The topological polar surface area (TPSA) is 40.6 Å².